The summed E-state index contributed by atoms with van der Waals surface area (Å²) < 4.78 is 11.0. The summed E-state index contributed by atoms with van der Waals surface area (Å²) in [6, 6.07) is 0.225. The zero-order valence-corrected chi connectivity index (χ0v) is 17.1. The van der Waals surface area contributed by atoms with Crippen LogP contribution in [0.5, 0.6) is 0 Å². The van der Waals surface area contributed by atoms with E-state index in [0.717, 1.165) is 64.5 Å². The van der Waals surface area contributed by atoms with Crippen LogP contribution in [0.25, 0.3) is 0 Å². The molecule has 1 aliphatic rings. The van der Waals surface area contributed by atoms with Crippen LogP contribution in [0.3, 0.4) is 0 Å². The molecule has 1 saturated heterocycles. The summed E-state index contributed by atoms with van der Waals surface area (Å²) in [5.74, 6) is 0.976. The number of aliphatic imine (C=N–C) groups is 1. The van der Waals surface area contributed by atoms with Crippen LogP contribution in [-0.4, -0.2) is 75.4 Å². The third-order valence-corrected chi connectivity index (χ3v) is 4.54. The Bertz CT molecular complexity index is 410. The van der Waals surface area contributed by atoms with Crippen LogP contribution in [0.1, 0.15) is 52.9 Å². The third-order valence-electron chi connectivity index (χ3n) is 4.54. The van der Waals surface area contributed by atoms with Gasteiger partial charge in [0.2, 0.25) is 5.91 Å². The van der Waals surface area contributed by atoms with E-state index in [1.165, 1.54) is 0 Å². The summed E-state index contributed by atoms with van der Waals surface area (Å²) in [5, 5.41) is 6.32. The van der Waals surface area contributed by atoms with Gasteiger partial charge in [-0.25, -0.2) is 0 Å². The summed E-state index contributed by atoms with van der Waals surface area (Å²) in [6.07, 6.45) is 4.66. The lowest BCUT2D eigenvalue weighted by Crippen LogP contribution is -2.47. The molecule has 2 N–H and O–H groups in total. The summed E-state index contributed by atoms with van der Waals surface area (Å²) in [5.41, 5.74) is 0. The topological polar surface area (TPSA) is 75.2 Å². The van der Waals surface area contributed by atoms with Crippen molar-refractivity contribution in [3.05, 3.63) is 0 Å². The van der Waals surface area contributed by atoms with Crippen LogP contribution in [-0.2, 0) is 14.3 Å². The first-order valence-corrected chi connectivity index (χ1v) is 10.0. The molecule has 0 aromatic rings. The van der Waals surface area contributed by atoms with Crippen molar-refractivity contribution in [3.8, 4) is 0 Å². The molecule has 152 valence electrons. The first-order chi connectivity index (χ1) is 12.6. The number of guanidine groups is 1. The number of hydrogen-bond donors (Lipinski definition) is 2. The lowest BCUT2D eigenvalue weighted by molar-refractivity contribution is -0.121. The van der Waals surface area contributed by atoms with E-state index < -0.39 is 0 Å². The van der Waals surface area contributed by atoms with Crippen LogP contribution < -0.4 is 10.6 Å². The molecule has 1 fully saturated rings. The molecule has 0 bridgehead atoms. The van der Waals surface area contributed by atoms with Crippen molar-refractivity contribution in [3.63, 3.8) is 0 Å². The standard InChI is InChI=1S/C19H38N4O3/c1-5-16(3)22-18(24)8-11-21-19(20-6-2)23-12-9-17(10-13-23)26-15-7-14-25-4/h16-17H,5-15H2,1-4H3,(H,20,21)(H,22,24). The van der Waals surface area contributed by atoms with E-state index in [0.29, 0.717) is 19.1 Å². The Labute approximate surface area is 158 Å². The van der Waals surface area contributed by atoms with Gasteiger partial charge in [0.05, 0.1) is 12.6 Å². The van der Waals surface area contributed by atoms with Gasteiger partial charge >= 0.3 is 0 Å². The number of nitrogens with zero attached hydrogens (tertiary/aromatic N) is 2. The van der Waals surface area contributed by atoms with Crippen molar-refractivity contribution in [1.29, 1.82) is 0 Å². The number of rotatable bonds is 11. The second kappa shape index (κ2) is 13.8. The molecule has 7 nitrogen and oxygen atoms in total. The number of amides is 1. The largest absolute Gasteiger partial charge is 0.385 e. The van der Waals surface area contributed by atoms with E-state index >= 15 is 0 Å². The summed E-state index contributed by atoms with van der Waals surface area (Å²) in [7, 11) is 1.72. The van der Waals surface area contributed by atoms with E-state index in [-0.39, 0.29) is 11.9 Å². The van der Waals surface area contributed by atoms with Gasteiger partial charge in [0.25, 0.3) is 0 Å². The minimum Gasteiger partial charge on any atom is -0.385 e. The van der Waals surface area contributed by atoms with Gasteiger partial charge in [-0.15, -0.1) is 0 Å². The summed E-state index contributed by atoms with van der Waals surface area (Å²) in [6.45, 7) is 10.9. The number of carbonyl (C=O) groups excluding carboxylic acids is 1. The molecule has 7 heteroatoms. The minimum atomic E-state index is 0.0714. The van der Waals surface area contributed by atoms with Crippen molar-refractivity contribution in [2.75, 3.05) is 46.5 Å². The van der Waals surface area contributed by atoms with Gasteiger partial charge in [0.15, 0.2) is 5.96 Å². The highest BCUT2D eigenvalue weighted by atomic mass is 16.5. The van der Waals surface area contributed by atoms with Crippen LogP contribution in [0, 0.1) is 0 Å². The molecule has 1 rings (SSSR count). The molecule has 1 heterocycles. The van der Waals surface area contributed by atoms with E-state index in [9.17, 15) is 4.79 Å². The smallest absolute Gasteiger partial charge is 0.222 e. The fourth-order valence-electron chi connectivity index (χ4n) is 2.83. The quantitative estimate of drug-likeness (QED) is 0.329. The number of nitrogens with one attached hydrogen (secondary N) is 2. The average Bonchev–Trinajstić information content (AvgIpc) is 2.65. The zero-order chi connectivity index (χ0) is 19.2. The second-order valence-electron chi connectivity index (χ2n) is 6.77. The highest BCUT2D eigenvalue weighted by Crippen LogP contribution is 2.14. The van der Waals surface area contributed by atoms with Crippen LogP contribution in [0.15, 0.2) is 4.99 Å². The Balaban J connectivity index is 2.36. The molecule has 26 heavy (non-hydrogen) atoms. The molecular formula is C19H38N4O3. The molecule has 0 spiro atoms. The normalized spacial score (nSPS) is 17.2. The molecule has 0 radical (unpaired) electrons. The van der Waals surface area contributed by atoms with Gasteiger partial charge in [-0.2, -0.15) is 0 Å². The van der Waals surface area contributed by atoms with Gasteiger partial charge in [-0.3, -0.25) is 9.79 Å². The molecule has 1 atom stereocenters. The Morgan fingerprint density at radius 3 is 2.62 bits per heavy atom. The molecule has 1 aliphatic heterocycles. The molecule has 1 amide bonds. The highest BCUT2D eigenvalue weighted by Gasteiger charge is 2.21. The maximum absolute atomic E-state index is 11.9. The summed E-state index contributed by atoms with van der Waals surface area (Å²) in [4.78, 5) is 18.8. The van der Waals surface area contributed by atoms with Crippen molar-refractivity contribution in [1.82, 2.24) is 15.5 Å². The number of likely N-dealkylation sites (tertiary alicyclic amines) is 1. The predicted octanol–water partition coefficient (Wildman–Crippen LogP) is 1.77. The lowest BCUT2D eigenvalue weighted by atomic mass is 10.1. The lowest BCUT2D eigenvalue weighted by Gasteiger charge is -2.34. The van der Waals surface area contributed by atoms with E-state index in [1.54, 1.807) is 7.11 Å². The van der Waals surface area contributed by atoms with Gasteiger partial charge in [0, 0.05) is 52.4 Å². The molecule has 1 unspecified atom stereocenters. The van der Waals surface area contributed by atoms with E-state index in [2.05, 4.69) is 34.4 Å². The SMILES string of the molecule is CCNC(=NCCC(=O)NC(C)CC)N1CCC(OCCCOC)CC1. The minimum absolute atomic E-state index is 0.0714. The molecule has 0 aliphatic carbocycles. The fraction of sp³-hybridized carbons (Fsp3) is 0.895. The van der Waals surface area contributed by atoms with E-state index in [4.69, 9.17) is 9.47 Å². The number of hydrogen-bond acceptors (Lipinski definition) is 4. The van der Waals surface area contributed by atoms with Gasteiger partial charge < -0.3 is 25.0 Å². The van der Waals surface area contributed by atoms with Gasteiger partial charge in [0.1, 0.15) is 0 Å². The van der Waals surface area contributed by atoms with Crippen LogP contribution in [0.4, 0.5) is 0 Å². The van der Waals surface area contributed by atoms with Crippen LogP contribution >= 0.6 is 0 Å². The van der Waals surface area contributed by atoms with Gasteiger partial charge in [-0.1, -0.05) is 6.92 Å². The highest BCUT2D eigenvalue weighted by molar-refractivity contribution is 5.81. The number of carbonyl (C=O) groups is 1. The molecule has 0 aromatic heterocycles. The van der Waals surface area contributed by atoms with Crippen molar-refractivity contribution < 1.29 is 14.3 Å². The Morgan fingerprint density at radius 2 is 2.00 bits per heavy atom. The maximum Gasteiger partial charge on any atom is 0.222 e. The van der Waals surface area contributed by atoms with E-state index in [1.807, 2.05) is 6.92 Å². The molecule has 0 saturated carbocycles. The zero-order valence-electron chi connectivity index (χ0n) is 17.1. The first-order valence-electron chi connectivity index (χ1n) is 10.0. The van der Waals surface area contributed by atoms with Crippen molar-refractivity contribution in [2.45, 2.75) is 65.0 Å². The monoisotopic (exact) mass is 370 g/mol. The third kappa shape index (κ3) is 9.38. The molecule has 0 aromatic carbocycles. The Morgan fingerprint density at radius 1 is 1.27 bits per heavy atom. The Hall–Kier alpha value is -1.34. The summed E-state index contributed by atoms with van der Waals surface area (Å²) >= 11 is 0. The Kier molecular flexibility index (Phi) is 12.1. The average molecular weight is 371 g/mol. The first kappa shape index (κ1) is 22.7. The molecular weight excluding hydrogens is 332 g/mol. The number of piperidine rings is 1. The maximum atomic E-state index is 11.9. The second-order valence-corrected chi connectivity index (χ2v) is 6.77. The van der Waals surface area contributed by atoms with Gasteiger partial charge in [-0.05, 0) is 39.5 Å². The van der Waals surface area contributed by atoms with Crippen molar-refractivity contribution in [2.24, 2.45) is 4.99 Å². The number of methoxy groups -OCH3 is 1. The predicted molar refractivity (Wildman–Crippen MR) is 106 cm³/mol. The van der Waals surface area contributed by atoms with Crippen LogP contribution in [0.2, 0.25) is 0 Å². The van der Waals surface area contributed by atoms with Crippen molar-refractivity contribution >= 4 is 11.9 Å². The fourth-order valence-corrected chi connectivity index (χ4v) is 2.83. The number of ether oxygens (including phenoxy) is 2.